The van der Waals surface area contributed by atoms with E-state index in [1.165, 1.54) is 17.8 Å². The highest BCUT2D eigenvalue weighted by Crippen LogP contribution is 2.32. The number of rotatable bonds is 5. The second-order valence-electron chi connectivity index (χ2n) is 4.45. The second kappa shape index (κ2) is 6.91. The van der Waals surface area contributed by atoms with E-state index in [4.69, 9.17) is 0 Å². The van der Waals surface area contributed by atoms with Crippen LogP contribution in [0.1, 0.15) is 5.56 Å². The molecule has 0 spiro atoms. The zero-order valence-corrected chi connectivity index (χ0v) is 13.6. The first kappa shape index (κ1) is 16.5. The van der Waals surface area contributed by atoms with Gasteiger partial charge < -0.3 is 0 Å². The predicted molar refractivity (Wildman–Crippen MR) is 89.0 cm³/mol. The van der Waals surface area contributed by atoms with E-state index in [0.29, 0.717) is 11.3 Å². The Kier molecular flexibility index (Phi) is 5.17. The molecule has 1 unspecified atom stereocenters. The van der Waals surface area contributed by atoms with Crippen LogP contribution in [0.5, 0.6) is 0 Å². The minimum absolute atomic E-state index is 0.0889. The van der Waals surface area contributed by atoms with Gasteiger partial charge in [-0.2, -0.15) is 0 Å². The van der Waals surface area contributed by atoms with Gasteiger partial charge in [0.25, 0.3) is 17.0 Å². The molecule has 8 heteroatoms. The fraction of sp³-hybridized carbons (Fsp3) is 0.143. The van der Waals surface area contributed by atoms with Gasteiger partial charge in [0.05, 0.1) is 16.3 Å². The number of hydrogen-bond donors (Lipinski definition) is 1. The maximum atomic E-state index is 11.7. The Labute approximate surface area is 134 Å². The molecule has 0 radical (unpaired) electrons. The van der Waals surface area contributed by atoms with E-state index in [1.54, 1.807) is 37.3 Å². The Morgan fingerprint density at radius 3 is 2.50 bits per heavy atom. The summed E-state index contributed by atoms with van der Waals surface area (Å²) >= 11 is -0.840. The third-order valence-corrected chi connectivity index (χ3v) is 4.53. The van der Waals surface area contributed by atoms with Gasteiger partial charge in [0, 0.05) is 16.5 Å². The first-order chi connectivity index (χ1) is 10.4. The molecule has 0 saturated heterocycles. The number of thioether (sulfide) groups is 1. The maximum Gasteiger partial charge on any atom is 0.274 e. The summed E-state index contributed by atoms with van der Waals surface area (Å²) in [7, 11) is 0. The van der Waals surface area contributed by atoms with Crippen LogP contribution in [0.4, 0.5) is 17.1 Å². The van der Waals surface area contributed by atoms with Gasteiger partial charge >= 0.3 is 0 Å². The summed E-state index contributed by atoms with van der Waals surface area (Å²) in [6.45, 7) is 1.62. The van der Waals surface area contributed by atoms with Gasteiger partial charge in [0.1, 0.15) is 0 Å². The van der Waals surface area contributed by atoms with Crippen molar-refractivity contribution in [1.82, 2.24) is 0 Å². The van der Waals surface area contributed by atoms with E-state index in [9.17, 15) is 18.9 Å². The van der Waals surface area contributed by atoms with Crippen LogP contribution in [0.15, 0.2) is 47.4 Å². The van der Waals surface area contributed by atoms with Crippen molar-refractivity contribution in [2.45, 2.75) is 11.8 Å². The average molecular weight is 338 g/mol. The normalized spacial score (nSPS) is 12.0. The molecule has 2 aromatic rings. The number of hydrogen-bond acceptors (Lipinski definition) is 4. The number of benzene rings is 2. The Hall–Kier alpha value is -1.90. The summed E-state index contributed by atoms with van der Waals surface area (Å²) in [6, 6.07) is 11.5. The van der Waals surface area contributed by atoms with Gasteiger partial charge in [-0.1, -0.05) is 12.1 Å². The largest absolute Gasteiger partial charge is 0.289 e. The van der Waals surface area contributed by atoms with Gasteiger partial charge in [0.2, 0.25) is 0 Å². The van der Waals surface area contributed by atoms with E-state index >= 15 is 0 Å². The van der Waals surface area contributed by atoms with Crippen molar-refractivity contribution >= 4 is 40.1 Å². The van der Waals surface area contributed by atoms with Crippen LogP contribution in [-0.2, 0) is 11.3 Å². The standard InChI is InChI=1S/C14H14N2O4S2/c1-10-6-7-12(9-14(10)16(17)18)15(22(19)20)11-4-3-5-13(8-11)21-2/h3-9H,1-2H3,(H,19,20). The maximum absolute atomic E-state index is 11.7. The van der Waals surface area contributed by atoms with Crippen molar-refractivity contribution in [3.63, 3.8) is 0 Å². The molecular formula is C14H14N2O4S2. The number of aryl methyl sites for hydroxylation is 1. The summed E-state index contributed by atoms with van der Waals surface area (Å²) in [5, 5.41) is 11.0. The van der Waals surface area contributed by atoms with E-state index < -0.39 is 16.2 Å². The van der Waals surface area contributed by atoms with Crippen molar-refractivity contribution in [3.05, 3.63) is 58.1 Å². The zero-order valence-electron chi connectivity index (χ0n) is 11.9. The molecule has 0 saturated carbocycles. The first-order valence-electron chi connectivity index (χ1n) is 6.24. The summed E-state index contributed by atoms with van der Waals surface area (Å²) in [5.41, 5.74) is 1.19. The quantitative estimate of drug-likeness (QED) is 0.387. The van der Waals surface area contributed by atoms with Crippen molar-refractivity contribution in [1.29, 1.82) is 0 Å². The van der Waals surface area contributed by atoms with Crippen LogP contribution >= 0.6 is 11.8 Å². The number of nitrogens with zero attached hydrogens (tertiary/aromatic N) is 2. The first-order valence-corrected chi connectivity index (χ1v) is 8.53. The van der Waals surface area contributed by atoms with E-state index in [0.717, 1.165) is 9.20 Å². The highest BCUT2D eigenvalue weighted by atomic mass is 32.2. The lowest BCUT2D eigenvalue weighted by atomic mass is 10.2. The third-order valence-electron chi connectivity index (χ3n) is 3.07. The predicted octanol–water partition coefficient (Wildman–Crippen LogP) is 3.90. The van der Waals surface area contributed by atoms with Crippen molar-refractivity contribution < 1.29 is 13.7 Å². The minimum Gasteiger partial charge on any atom is -0.289 e. The van der Waals surface area contributed by atoms with Gasteiger partial charge in [-0.05, 0) is 37.4 Å². The Morgan fingerprint density at radius 2 is 1.91 bits per heavy atom. The van der Waals surface area contributed by atoms with E-state index in [2.05, 4.69) is 0 Å². The SMILES string of the molecule is CSc1cccc(N(c2ccc(C)c([N+](=O)[O-])c2)S(=O)O)c1. The molecule has 2 aromatic carbocycles. The fourth-order valence-corrected chi connectivity index (χ4v) is 3.03. The summed E-state index contributed by atoms with van der Waals surface area (Å²) in [4.78, 5) is 11.5. The molecule has 0 aromatic heterocycles. The molecule has 0 aliphatic heterocycles. The van der Waals surface area contributed by atoms with Gasteiger partial charge in [-0.25, -0.2) is 8.51 Å². The molecule has 6 nitrogen and oxygen atoms in total. The van der Waals surface area contributed by atoms with Crippen molar-refractivity contribution in [2.24, 2.45) is 0 Å². The van der Waals surface area contributed by atoms with Crippen molar-refractivity contribution in [3.8, 4) is 0 Å². The van der Waals surface area contributed by atoms with E-state index in [1.807, 2.05) is 12.3 Å². The molecule has 1 atom stereocenters. The summed E-state index contributed by atoms with van der Waals surface area (Å²) in [6.07, 6.45) is 1.90. The van der Waals surface area contributed by atoms with Crippen LogP contribution in [0, 0.1) is 17.0 Å². The zero-order chi connectivity index (χ0) is 16.3. The molecule has 0 bridgehead atoms. The smallest absolute Gasteiger partial charge is 0.274 e. The molecule has 0 aliphatic rings. The van der Waals surface area contributed by atoms with Gasteiger partial charge in [-0.3, -0.25) is 14.7 Å². The minimum atomic E-state index is -2.34. The topological polar surface area (TPSA) is 83.7 Å². The lowest BCUT2D eigenvalue weighted by molar-refractivity contribution is -0.385. The third kappa shape index (κ3) is 3.46. The van der Waals surface area contributed by atoms with Gasteiger partial charge in [0.15, 0.2) is 0 Å². The molecule has 0 amide bonds. The Morgan fingerprint density at radius 1 is 1.23 bits per heavy atom. The monoisotopic (exact) mass is 338 g/mol. The summed E-state index contributed by atoms with van der Waals surface area (Å²) in [5.74, 6) is 0. The van der Waals surface area contributed by atoms with Crippen LogP contribution in [0.3, 0.4) is 0 Å². The molecule has 22 heavy (non-hydrogen) atoms. The van der Waals surface area contributed by atoms with Crippen molar-refractivity contribution in [2.75, 3.05) is 10.6 Å². The summed E-state index contributed by atoms with van der Waals surface area (Å²) < 4.78 is 22.5. The van der Waals surface area contributed by atoms with Crippen LogP contribution in [0.2, 0.25) is 0 Å². The van der Waals surface area contributed by atoms with E-state index in [-0.39, 0.29) is 11.4 Å². The molecule has 1 N–H and O–H groups in total. The molecular weight excluding hydrogens is 324 g/mol. The molecule has 0 heterocycles. The second-order valence-corrected chi connectivity index (χ2v) is 6.16. The average Bonchev–Trinajstić information content (AvgIpc) is 2.48. The Bertz CT molecular complexity index is 737. The van der Waals surface area contributed by atoms with Crippen LogP contribution in [-0.4, -0.2) is 19.9 Å². The van der Waals surface area contributed by atoms with Crippen LogP contribution < -0.4 is 4.31 Å². The van der Waals surface area contributed by atoms with Crippen LogP contribution in [0.25, 0.3) is 0 Å². The highest BCUT2D eigenvalue weighted by molar-refractivity contribution is 7.98. The lowest BCUT2D eigenvalue weighted by Crippen LogP contribution is -2.19. The molecule has 0 fully saturated rings. The van der Waals surface area contributed by atoms with Gasteiger partial charge in [-0.15, -0.1) is 11.8 Å². The fourth-order valence-electron chi connectivity index (χ4n) is 1.99. The highest BCUT2D eigenvalue weighted by Gasteiger charge is 2.19. The lowest BCUT2D eigenvalue weighted by Gasteiger charge is -2.20. The number of anilines is 2. The Balaban J connectivity index is 2.55. The molecule has 0 aliphatic carbocycles. The molecule has 2 rings (SSSR count). The number of nitro benzene ring substituents is 1. The molecule has 116 valence electrons. The number of nitro groups is 1.